The first-order chi connectivity index (χ1) is 9.85. The van der Waals surface area contributed by atoms with Crippen LogP contribution >= 0.6 is 0 Å². The van der Waals surface area contributed by atoms with Gasteiger partial charge in [-0.3, -0.25) is 0 Å². The summed E-state index contributed by atoms with van der Waals surface area (Å²) >= 11 is 0. The summed E-state index contributed by atoms with van der Waals surface area (Å²) in [6.07, 6.45) is 16.6. The molecule has 0 aromatic rings. The summed E-state index contributed by atoms with van der Waals surface area (Å²) in [6.45, 7) is 7.86. The maximum absolute atomic E-state index is 6.20. The van der Waals surface area contributed by atoms with E-state index in [1.54, 1.807) is 0 Å². The Kier molecular flexibility index (Phi) is 17.4. The van der Waals surface area contributed by atoms with Crippen molar-refractivity contribution in [1.29, 1.82) is 0 Å². The second-order valence-corrected chi connectivity index (χ2v) is 8.44. The fourth-order valence-corrected chi connectivity index (χ4v) is 4.74. The van der Waals surface area contributed by atoms with Crippen molar-refractivity contribution in [2.24, 2.45) is 0 Å². The smallest absolute Gasteiger partial charge is 0.211 e. The molecule has 0 atom stereocenters. The molecule has 0 saturated heterocycles. The molecule has 0 aliphatic heterocycles. The van der Waals surface area contributed by atoms with Crippen LogP contribution in [0.1, 0.15) is 97.8 Å². The molecule has 0 saturated carbocycles. The molecule has 0 N–H and O–H groups in total. The van der Waals surface area contributed by atoms with Crippen molar-refractivity contribution in [2.45, 2.75) is 110 Å². The lowest BCUT2D eigenvalue weighted by atomic mass is 10.2. The summed E-state index contributed by atoms with van der Waals surface area (Å²) in [5.74, 6) is 0. The third-order valence-corrected chi connectivity index (χ3v) is 6.36. The van der Waals surface area contributed by atoms with E-state index in [0.29, 0.717) is 0 Å². The summed E-state index contributed by atoms with van der Waals surface area (Å²) in [7, 11) is -0.491. The maximum atomic E-state index is 6.20. The quantitative estimate of drug-likeness (QED) is 0.227. The number of hydrogen-bond acceptors (Lipinski definition) is 1. The van der Waals surface area contributed by atoms with Crippen LogP contribution in [-0.4, -0.2) is 15.6 Å². The first-order valence-electron chi connectivity index (χ1n) is 9.32. The Morgan fingerprint density at radius 2 is 1.00 bits per heavy atom. The molecule has 1 radical (unpaired) electrons. The van der Waals surface area contributed by atoms with Crippen molar-refractivity contribution < 1.29 is 4.43 Å². The van der Waals surface area contributed by atoms with Gasteiger partial charge in [-0.05, 0) is 18.5 Å². The minimum Gasteiger partial charge on any atom is -0.417 e. The molecule has 0 aromatic carbocycles. The van der Waals surface area contributed by atoms with E-state index in [1.807, 2.05) is 0 Å². The first-order valence-corrected chi connectivity index (χ1v) is 11.1. The van der Waals surface area contributed by atoms with Crippen LogP contribution in [0.3, 0.4) is 0 Å². The predicted molar refractivity (Wildman–Crippen MR) is 93.7 cm³/mol. The highest BCUT2D eigenvalue weighted by Gasteiger charge is 2.12. The molecule has 20 heavy (non-hydrogen) atoms. The molecule has 0 spiro atoms. The fourth-order valence-electron chi connectivity index (χ4n) is 2.48. The molecule has 0 unspecified atom stereocenters. The first kappa shape index (κ1) is 20.2. The Morgan fingerprint density at radius 3 is 1.45 bits per heavy atom. The molecule has 0 rings (SSSR count). The van der Waals surface area contributed by atoms with Crippen LogP contribution in [0.25, 0.3) is 0 Å². The van der Waals surface area contributed by atoms with Gasteiger partial charge in [0.25, 0.3) is 0 Å². The molecule has 1 nitrogen and oxygen atoms in total. The Balaban J connectivity index is 3.64. The highest BCUT2D eigenvalue weighted by Crippen LogP contribution is 2.15. The molecule has 0 heterocycles. The van der Waals surface area contributed by atoms with E-state index in [1.165, 1.54) is 89.1 Å². The maximum Gasteiger partial charge on any atom is 0.211 e. The van der Waals surface area contributed by atoms with Crippen molar-refractivity contribution in [2.75, 3.05) is 6.61 Å². The second-order valence-electron chi connectivity index (χ2n) is 6.07. The zero-order valence-electron chi connectivity index (χ0n) is 14.5. The zero-order chi connectivity index (χ0) is 14.9. The van der Waals surface area contributed by atoms with Gasteiger partial charge in [-0.2, -0.15) is 0 Å². The summed E-state index contributed by atoms with van der Waals surface area (Å²) in [6, 6.07) is 2.79. The average Bonchev–Trinajstić information content (AvgIpc) is 2.46. The Morgan fingerprint density at radius 1 is 0.550 bits per heavy atom. The van der Waals surface area contributed by atoms with E-state index in [2.05, 4.69) is 20.8 Å². The topological polar surface area (TPSA) is 9.23 Å². The fraction of sp³-hybridized carbons (Fsp3) is 1.00. The van der Waals surface area contributed by atoms with E-state index >= 15 is 0 Å². The molecular formula is C18H39OSi. The van der Waals surface area contributed by atoms with Crippen LogP contribution in [0.15, 0.2) is 0 Å². The van der Waals surface area contributed by atoms with Gasteiger partial charge in [0.1, 0.15) is 0 Å². The van der Waals surface area contributed by atoms with Gasteiger partial charge in [0.15, 0.2) is 0 Å². The number of unbranched alkanes of at least 4 members (excludes halogenated alkanes) is 9. The van der Waals surface area contributed by atoms with E-state index in [4.69, 9.17) is 4.43 Å². The van der Waals surface area contributed by atoms with Crippen LogP contribution in [0.2, 0.25) is 12.1 Å². The minimum atomic E-state index is -0.491. The lowest BCUT2D eigenvalue weighted by molar-refractivity contribution is 0.307. The summed E-state index contributed by atoms with van der Waals surface area (Å²) in [5, 5.41) is 0. The van der Waals surface area contributed by atoms with Gasteiger partial charge in [0.05, 0.1) is 0 Å². The molecule has 0 aliphatic rings. The van der Waals surface area contributed by atoms with Crippen molar-refractivity contribution in [3.8, 4) is 0 Å². The van der Waals surface area contributed by atoms with Gasteiger partial charge in [-0.25, -0.2) is 0 Å². The third-order valence-electron chi connectivity index (χ3n) is 3.92. The van der Waals surface area contributed by atoms with Crippen LogP contribution in [0.5, 0.6) is 0 Å². The number of hydrogen-bond donors (Lipinski definition) is 0. The van der Waals surface area contributed by atoms with E-state index in [-0.39, 0.29) is 0 Å². The largest absolute Gasteiger partial charge is 0.417 e. The number of rotatable bonds is 16. The van der Waals surface area contributed by atoms with Crippen LogP contribution in [-0.2, 0) is 4.43 Å². The van der Waals surface area contributed by atoms with E-state index in [9.17, 15) is 0 Å². The van der Waals surface area contributed by atoms with Gasteiger partial charge in [-0.1, -0.05) is 91.4 Å². The Hall–Kier alpha value is 0.177. The Bertz CT molecular complexity index is 159. The monoisotopic (exact) mass is 299 g/mol. The molecule has 0 bridgehead atoms. The SMILES string of the molecule is CCCCCCC[Si](CCCCCCC)OCCCC. The van der Waals surface area contributed by atoms with Gasteiger partial charge in [0, 0.05) is 6.61 Å². The van der Waals surface area contributed by atoms with Crippen molar-refractivity contribution in [3.05, 3.63) is 0 Å². The molecule has 0 aliphatic carbocycles. The normalized spacial score (nSPS) is 11.4. The standard InChI is InChI=1S/C18H39OSi/c1-4-7-10-12-14-17-20(19-16-9-6-3)18-15-13-11-8-5-2/h4-18H2,1-3H3. The molecular weight excluding hydrogens is 260 g/mol. The van der Waals surface area contributed by atoms with Crippen LogP contribution < -0.4 is 0 Å². The highest BCUT2D eigenvalue weighted by atomic mass is 28.3. The zero-order valence-corrected chi connectivity index (χ0v) is 15.5. The van der Waals surface area contributed by atoms with E-state index in [0.717, 1.165) is 6.61 Å². The predicted octanol–water partition coefficient (Wildman–Crippen LogP) is 6.74. The average molecular weight is 300 g/mol. The lowest BCUT2D eigenvalue weighted by Crippen LogP contribution is -2.18. The van der Waals surface area contributed by atoms with Crippen molar-refractivity contribution >= 4 is 9.04 Å². The van der Waals surface area contributed by atoms with Crippen molar-refractivity contribution in [1.82, 2.24) is 0 Å². The van der Waals surface area contributed by atoms with Gasteiger partial charge >= 0.3 is 0 Å². The molecule has 0 fully saturated rings. The Labute approximate surface area is 130 Å². The summed E-state index contributed by atoms with van der Waals surface area (Å²) in [5.41, 5.74) is 0. The molecule has 121 valence electrons. The molecule has 0 amide bonds. The van der Waals surface area contributed by atoms with Gasteiger partial charge < -0.3 is 4.43 Å². The van der Waals surface area contributed by atoms with Crippen LogP contribution in [0.4, 0.5) is 0 Å². The summed E-state index contributed by atoms with van der Waals surface area (Å²) in [4.78, 5) is 0. The molecule has 0 aromatic heterocycles. The van der Waals surface area contributed by atoms with Crippen molar-refractivity contribution in [3.63, 3.8) is 0 Å². The third kappa shape index (κ3) is 14.6. The molecule has 2 heteroatoms. The minimum absolute atomic E-state index is 0.491. The van der Waals surface area contributed by atoms with Gasteiger partial charge in [-0.15, -0.1) is 0 Å². The lowest BCUT2D eigenvalue weighted by Gasteiger charge is -2.15. The summed E-state index contributed by atoms with van der Waals surface area (Å²) < 4.78 is 6.20. The van der Waals surface area contributed by atoms with E-state index < -0.39 is 9.04 Å². The van der Waals surface area contributed by atoms with Gasteiger partial charge in [0.2, 0.25) is 9.04 Å². The highest BCUT2D eigenvalue weighted by molar-refractivity contribution is 6.51. The van der Waals surface area contributed by atoms with Crippen LogP contribution in [0, 0.1) is 0 Å². The second kappa shape index (κ2) is 17.2.